The van der Waals surface area contributed by atoms with Crippen molar-refractivity contribution in [2.24, 2.45) is 5.16 Å². The molecule has 0 fully saturated rings. The first-order chi connectivity index (χ1) is 5.95. The van der Waals surface area contributed by atoms with Crippen LogP contribution >= 0.6 is 11.3 Å². The highest BCUT2D eigenvalue weighted by Gasteiger charge is 2.15. The van der Waals surface area contributed by atoms with Gasteiger partial charge in [0, 0.05) is 16.7 Å². The van der Waals surface area contributed by atoms with Crippen LogP contribution < -0.4 is 0 Å². The van der Waals surface area contributed by atoms with Gasteiger partial charge in [-0.1, -0.05) is 5.16 Å². The van der Waals surface area contributed by atoms with E-state index in [0.717, 1.165) is 17.3 Å². The number of hydrogen-bond donors (Lipinski definition) is 1. The van der Waals surface area contributed by atoms with Gasteiger partial charge < -0.3 is 5.21 Å². The largest absolute Gasteiger partial charge is 0.411 e. The van der Waals surface area contributed by atoms with E-state index in [-0.39, 0.29) is 4.21 Å². The molecular weight excluding hydrogens is 210 g/mol. The molecule has 0 bridgehead atoms. The number of aryl methyl sites for hydroxylation is 1. The normalized spacial score (nSPS) is 12.5. The van der Waals surface area contributed by atoms with E-state index in [1.165, 1.54) is 11.3 Å². The highest BCUT2D eigenvalue weighted by Crippen LogP contribution is 2.25. The zero-order chi connectivity index (χ0) is 10.1. The van der Waals surface area contributed by atoms with Gasteiger partial charge in [-0.25, -0.2) is 8.42 Å². The number of rotatable bonds is 2. The molecule has 4 nitrogen and oxygen atoms in total. The molecule has 0 aromatic carbocycles. The molecule has 0 radical (unpaired) electrons. The molecule has 0 amide bonds. The summed E-state index contributed by atoms with van der Waals surface area (Å²) in [5, 5.41) is 11.1. The molecule has 0 spiro atoms. The molecule has 1 aromatic heterocycles. The second-order valence-corrected chi connectivity index (χ2v) is 6.08. The number of oxime groups is 1. The van der Waals surface area contributed by atoms with E-state index >= 15 is 0 Å². The lowest BCUT2D eigenvalue weighted by Crippen LogP contribution is -1.97. The maximum atomic E-state index is 11.2. The Labute approximate surface area is 80.4 Å². The highest BCUT2D eigenvalue weighted by molar-refractivity contribution is 7.92. The van der Waals surface area contributed by atoms with Crippen molar-refractivity contribution in [2.75, 3.05) is 6.26 Å². The molecule has 0 aliphatic carbocycles. The lowest BCUT2D eigenvalue weighted by atomic mass is 10.3. The Morgan fingerprint density at radius 3 is 2.69 bits per heavy atom. The van der Waals surface area contributed by atoms with Crippen LogP contribution in [0.1, 0.15) is 10.4 Å². The summed E-state index contributed by atoms with van der Waals surface area (Å²) in [5.74, 6) is 0. The van der Waals surface area contributed by atoms with E-state index in [1.54, 1.807) is 13.0 Å². The second kappa shape index (κ2) is 3.47. The van der Waals surface area contributed by atoms with Gasteiger partial charge >= 0.3 is 0 Å². The predicted octanol–water partition coefficient (Wildman–Crippen LogP) is 1.27. The highest BCUT2D eigenvalue weighted by atomic mass is 32.2. The summed E-state index contributed by atoms with van der Waals surface area (Å²) in [4.78, 5) is 0.871. The molecule has 1 rings (SSSR count). The second-order valence-electron chi connectivity index (χ2n) is 2.62. The van der Waals surface area contributed by atoms with E-state index in [0.29, 0.717) is 5.56 Å². The fraction of sp³-hybridized carbons (Fsp3) is 0.286. The van der Waals surface area contributed by atoms with E-state index in [4.69, 9.17) is 5.21 Å². The Kier molecular flexibility index (Phi) is 2.72. The molecule has 0 unspecified atom stereocenters. The van der Waals surface area contributed by atoms with Crippen molar-refractivity contribution in [1.29, 1.82) is 0 Å². The minimum absolute atomic E-state index is 0.239. The monoisotopic (exact) mass is 219 g/mol. The van der Waals surface area contributed by atoms with Crippen LogP contribution in [0, 0.1) is 6.92 Å². The topological polar surface area (TPSA) is 66.7 Å². The SMILES string of the molecule is Cc1cc(/C=N/O)c(S(C)(=O)=O)s1. The van der Waals surface area contributed by atoms with E-state index in [1.807, 2.05) is 0 Å². The summed E-state index contributed by atoms with van der Waals surface area (Å²) in [7, 11) is -3.22. The van der Waals surface area contributed by atoms with Crippen molar-refractivity contribution >= 4 is 27.4 Å². The summed E-state index contributed by atoms with van der Waals surface area (Å²) in [6.45, 7) is 1.80. The van der Waals surface area contributed by atoms with Crippen LogP contribution in [-0.4, -0.2) is 26.1 Å². The zero-order valence-electron chi connectivity index (χ0n) is 7.18. The van der Waals surface area contributed by atoms with Crippen LogP contribution in [0.5, 0.6) is 0 Å². The van der Waals surface area contributed by atoms with Crippen LogP contribution in [-0.2, 0) is 9.84 Å². The van der Waals surface area contributed by atoms with Crippen molar-refractivity contribution in [3.05, 3.63) is 16.5 Å². The van der Waals surface area contributed by atoms with Gasteiger partial charge in [-0.15, -0.1) is 11.3 Å². The van der Waals surface area contributed by atoms with Crippen LogP contribution in [0.2, 0.25) is 0 Å². The number of sulfone groups is 1. The Morgan fingerprint density at radius 2 is 2.23 bits per heavy atom. The van der Waals surface area contributed by atoms with Crippen LogP contribution in [0.4, 0.5) is 0 Å². The lowest BCUT2D eigenvalue weighted by molar-refractivity contribution is 0.322. The van der Waals surface area contributed by atoms with Crippen LogP contribution in [0.3, 0.4) is 0 Å². The fourth-order valence-corrected chi connectivity index (χ4v) is 3.20. The molecule has 1 N–H and O–H groups in total. The smallest absolute Gasteiger partial charge is 0.185 e. The molecular formula is C7H9NO3S2. The quantitative estimate of drug-likeness (QED) is 0.462. The average molecular weight is 219 g/mol. The number of thiophene rings is 1. The van der Waals surface area contributed by atoms with Crippen LogP contribution in [0.25, 0.3) is 0 Å². The van der Waals surface area contributed by atoms with Gasteiger partial charge in [-0.05, 0) is 13.0 Å². The summed E-state index contributed by atoms with van der Waals surface area (Å²) in [6, 6.07) is 1.67. The maximum absolute atomic E-state index is 11.2. The first-order valence-corrected chi connectivity index (χ1v) is 6.14. The fourth-order valence-electron chi connectivity index (χ4n) is 0.954. The van der Waals surface area contributed by atoms with Gasteiger partial charge in [0.2, 0.25) is 0 Å². The third-order valence-corrected chi connectivity index (χ3v) is 4.31. The standard InChI is InChI=1S/C7H9NO3S2/c1-5-3-6(4-8-9)7(12-5)13(2,10)11/h3-4,9H,1-2H3/b8-4+. The summed E-state index contributed by atoms with van der Waals surface area (Å²) in [6.07, 6.45) is 2.26. The molecule has 13 heavy (non-hydrogen) atoms. The van der Waals surface area contributed by atoms with Gasteiger partial charge in [-0.2, -0.15) is 0 Å². The first kappa shape index (κ1) is 10.2. The molecule has 0 aliphatic rings. The van der Waals surface area contributed by atoms with Crippen molar-refractivity contribution in [3.8, 4) is 0 Å². The molecule has 72 valence electrons. The van der Waals surface area contributed by atoms with Crippen LogP contribution in [0.15, 0.2) is 15.4 Å². The predicted molar refractivity (Wildman–Crippen MR) is 51.5 cm³/mol. The maximum Gasteiger partial charge on any atom is 0.185 e. The zero-order valence-corrected chi connectivity index (χ0v) is 8.82. The molecule has 6 heteroatoms. The first-order valence-electron chi connectivity index (χ1n) is 3.43. The molecule has 0 atom stereocenters. The Bertz CT molecular complexity index is 431. The lowest BCUT2D eigenvalue weighted by Gasteiger charge is -1.93. The Hall–Kier alpha value is -0.880. The number of hydrogen-bond acceptors (Lipinski definition) is 5. The van der Waals surface area contributed by atoms with Gasteiger partial charge in [0.05, 0.1) is 6.21 Å². The van der Waals surface area contributed by atoms with Crippen molar-refractivity contribution in [3.63, 3.8) is 0 Å². The third-order valence-electron chi connectivity index (χ3n) is 1.38. The minimum Gasteiger partial charge on any atom is -0.411 e. The van der Waals surface area contributed by atoms with Crippen molar-refractivity contribution in [2.45, 2.75) is 11.1 Å². The van der Waals surface area contributed by atoms with E-state index in [9.17, 15) is 8.42 Å². The summed E-state index contributed by atoms with van der Waals surface area (Å²) in [5.41, 5.74) is 0.438. The summed E-state index contributed by atoms with van der Waals surface area (Å²) < 4.78 is 22.7. The molecule has 1 aromatic rings. The van der Waals surface area contributed by atoms with Gasteiger partial charge in [-0.3, -0.25) is 0 Å². The Morgan fingerprint density at radius 1 is 1.62 bits per heavy atom. The van der Waals surface area contributed by atoms with Gasteiger partial charge in [0.1, 0.15) is 4.21 Å². The van der Waals surface area contributed by atoms with Crippen molar-refractivity contribution < 1.29 is 13.6 Å². The molecule has 1 heterocycles. The third kappa shape index (κ3) is 2.28. The average Bonchev–Trinajstić information content (AvgIpc) is 2.30. The summed E-state index contributed by atoms with van der Waals surface area (Å²) >= 11 is 1.17. The molecule has 0 saturated carbocycles. The minimum atomic E-state index is -3.22. The molecule has 0 aliphatic heterocycles. The van der Waals surface area contributed by atoms with Crippen molar-refractivity contribution in [1.82, 2.24) is 0 Å². The number of nitrogens with zero attached hydrogens (tertiary/aromatic N) is 1. The Balaban J connectivity index is 3.36. The van der Waals surface area contributed by atoms with Gasteiger partial charge in [0.15, 0.2) is 9.84 Å². The molecule has 0 saturated heterocycles. The van der Waals surface area contributed by atoms with E-state index in [2.05, 4.69) is 5.16 Å². The van der Waals surface area contributed by atoms with E-state index < -0.39 is 9.84 Å². The van der Waals surface area contributed by atoms with Gasteiger partial charge in [0.25, 0.3) is 0 Å².